The molecule has 2 rings (SSSR count). The highest BCUT2D eigenvalue weighted by atomic mass is 79.9. The number of aromatic nitrogens is 2. The molecule has 0 saturated heterocycles. The summed E-state index contributed by atoms with van der Waals surface area (Å²) in [6.07, 6.45) is 0.638. The van der Waals surface area contributed by atoms with Crippen molar-refractivity contribution in [1.29, 1.82) is 0 Å². The van der Waals surface area contributed by atoms with Crippen LogP contribution in [0, 0.1) is 0 Å². The lowest BCUT2D eigenvalue weighted by Crippen LogP contribution is -2.36. The second kappa shape index (κ2) is 9.40. The molecule has 0 amide bonds. The van der Waals surface area contributed by atoms with E-state index in [-0.39, 0.29) is 10.2 Å². The predicted molar refractivity (Wildman–Crippen MR) is 113 cm³/mol. The van der Waals surface area contributed by atoms with Crippen LogP contribution in [0.3, 0.4) is 0 Å². The Morgan fingerprint density at radius 1 is 1.10 bits per heavy atom. The molecule has 2 aromatic rings. The first kappa shape index (κ1) is 24.9. The topological polar surface area (TPSA) is 105 Å². The molecule has 1 aromatic carbocycles. The van der Waals surface area contributed by atoms with Crippen LogP contribution in [0.4, 0.5) is 4.39 Å². The van der Waals surface area contributed by atoms with Crippen LogP contribution in [0.15, 0.2) is 46.3 Å². The Kier molecular flexibility index (Phi) is 7.79. The molecule has 1 unspecified atom stereocenters. The van der Waals surface area contributed by atoms with Crippen LogP contribution in [-0.2, 0) is 28.2 Å². The fourth-order valence-corrected chi connectivity index (χ4v) is 8.06. The van der Waals surface area contributed by atoms with Crippen molar-refractivity contribution in [3.8, 4) is 5.75 Å². The summed E-state index contributed by atoms with van der Waals surface area (Å²) in [4.78, 5) is 7.34. The molecule has 0 aliphatic carbocycles. The Bertz CT molecular complexity index is 1020. The third-order valence-corrected chi connectivity index (χ3v) is 9.75. The predicted octanol–water partition coefficient (Wildman–Crippen LogP) is 4.84. The molecule has 1 aromatic heterocycles. The number of hydrogen-bond acceptors (Lipinski definition) is 8. The Labute approximate surface area is 183 Å². The van der Waals surface area contributed by atoms with Crippen LogP contribution in [0.2, 0.25) is 0 Å². The summed E-state index contributed by atoms with van der Waals surface area (Å²) in [7, 11) is -8.85. The fraction of sp³-hybridized carbons (Fsp3) is 0.444. The highest BCUT2D eigenvalue weighted by Crippen LogP contribution is 2.71. The van der Waals surface area contributed by atoms with E-state index in [1.807, 2.05) is 0 Å². The van der Waals surface area contributed by atoms with Gasteiger partial charge in [0.2, 0.25) is 0 Å². The Morgan fingerprint density at radius 3 is 2.10 bits per heavy atom. The van der Waals surface area contributed by atoms with E-state index in [9.17, 15) is 13.0 Å². The highest BCUT2D eigenvalue weighted by molar-refractivity contribution is 9.10. The first-order valence-corrected chi connectivity index (χ1v) is 12.7. The molecule has 1 heterocycles. The minimum absolute atomic E-state index is 0.0187. The van der Waals surface area contributed by atoms with E-state index in [0.29, 0.717) is 0 Å². The van der Waals surface area contributed by atoms with Crippen molar-refractivity contribution >= 4 is 33.4 Å². The third-order valence-electron chi connectivity index (χ3n) is 3.70. The molecule has 0 radical (unpaired) electrons. The average molecular weight is 525 g/mol. The number of nitrogens with zero attached hydrogens (tertiary/aromatic N) is 2. The van der Waals surface area contributed by atoms with Gasteiger partial charge in [-0.3, -0.25) is 4.57 Å². The second-order valence-corrected chi connectivity index (χ2v) is 11.9. The SMILES string of the molecule is COc1ccc(Br)c(C(F)(P(=O)(OC(C)C)OC(C)C)S(=O)(=O)c2ncccn2)c1. The van der Waals surface area contributed by atoms with Crippen molar-refractivity contribution in [3.63, 3.8) is 0 Å². The van der Waals surface area contributed by atoms with Crippen LogP contribution in [0.5, 0.6) is 5.75 Å². The van der Waals surface area contributed by atoms with Gasteiger partial charge in [-0.2, -0.15) is 0 Å². The van der Waals surface area contributed by atoms with E-state index in [0.717, 1.165) is 18.5 Å². The largest absolute Gasteiger partial charge is 0.497 e. The quantitative estimate of drug-likeness (QED) is 0.338. The van der Waals surface area contributed by atoms with E-state index in [1.165, 1.54) is 53.0 Å². The molecule has 0 saturated carbocycles. The lowest BCUT2D eigenvalue weighted by atomic mass is 10.2. The molecule has 1 atom stereocenters. The van der Waals surface area contributed by atoms with E-state index in [1.54, 1.807) is 0 Å². The molecule has 8 nitrogen and oxygen atoms in total. The summed E-state index contributed by atoms with van der Waals surface area (Å²) in [6.45, 7) is 5.96. The van der Waals surface area contributed by atoms with E-state index < -0.39 is 45.1 Å². The van der Waals surface area contributed by atoms with Gasteiger partial charge in [0.1, 0.15) is 5.75 Å². The van der Waals surface area contributed by atoms with Crippen LogP contribution in [0.25, 0.3) is 0 Å². The smallest absolute Gasteiger partial charge is 0.389 e. The van der Waals surface area contributed by atoms with Gasteiger partial charge in [0.25, 0.3) is 15.0 Å². The normalized spacial score (nSPS) is 14.7. The maximum atomic E-state index is 17.1. The maximum Gasteiger partial charge on any atom is 0.389 e. The number of halogens is 2. The molecule has 12 heteroatoms. The highest BCUT2D eigenvalue weighted by Gasteiger charge is 2.66. The van der Waals surface area contributed by atoms with Gasteiger partial charge in [-0.25, -0.2) is 22.8 Å². The van der Waals surface area contributed by atoms with E-state index in [2.05, 4.69) is 25.9 Å². The molecule has 0 fully saturated rings. The zero-order chi connectivity index (χ0) is 22.7. The molecule has 0 aliphatic heterocycles. The maximum absolute atomic E-state index is 17.1. The number of benzene rings is 1. The van der Waals surface area contributed by atoms with Crippen LogP contribution in [0.1, 0.15) is 33.3 Å². The minimum atomic E-state index is -5.14. The van der Waals surface area contributed by atoms with Gasteiger partial charge in [0.15, 0.2) is 0 Å². The summed E-state index contributed by atoms with van der Waals surface area (Å²) in [5.74, 6) is 0.139. The van der Waals surface area contributed by atoms with Gasteiger partial charge in [0.05, 0.1) is 19.3 Å². The van der Waals surface area contributed by atoms with Gasteiger partial charge in [-0.1, -0.05) is 15.9 Å². The lowest BCUT2D eigenvalue weighted by molar-refractivity contribution is 0.114. The van der Waals surface area contributed by atoms with Crippen molar-refractivity contribution in [3.05, 3.63) is 46.7 Å². The second-order valence-electron chi connectivity index (χ2n) is 6.75. The number of hydrogen-bond donors (Lipinski definition) is 0. The monoisotopic (exact) mass is 524 g/mol. The molecular weight excluding hydrogens is 502 g/mol. The molecule has 0 aliphatic rings. The average Bonchev–Trinajstić information content (AvgIpc) is 2.67. The number of ether oxygens (including phenoxy) is 1. The zero-order valence-corrected chi connectivity index (χ0v) is 20.4. The molecule has 166 valence electrons. The Balaban J connectivity index is 2.96. The lowest BCUT2D eigenvalue weighted by Gasteiger charge is -2.34. The molecule has 0 bridgehead atoms. The summed E-state index contributed by atoms with van der Waals surface area (Å²) >= 11 is 3.15. The van der Waals surface area contributed by atoms with Crippen molar-refractivity contribution in [1.82, 2.24) is 9.97 Å². The summed E-state index contributed by atoms with van der Waals surface area (Å²) < 4.78 is 70.2. The van der Waals surface area contributed by atoms with Crippen molar-refractivity contribution < 1.29 is 31.2 Å². The van der Waals surface area contributed by atoms with E-state index in [4.69, 9.17) is 13.8 Å². The van der Waals surface area contributed by atoms with Crippen LogP contribution >= 0.6 is 23.5 Å². The minimum Gasteiger partial charge on any atom is -0.497 e. The first-order valence-electron chi connectivity index (χ1n) is 8.90. The third kappa shape index (κ3) is 4.60. The summed E-state index contributed by atoms with van der Waals surface area (Å²) in [6, 6.07) is 5.34. The van der Waals surface area contributed by atoms with Crippen LogP contribution in [-0.4, -0.2) is 37.7 Å². The number of rotatable bonds is 9. The van der Waals surface area contributed by atoms with Gasteiger partial charge in [-0.15, -0.1) is 0 Å². The number of methoxy groups -OCH3 is 1. The Hall–Kier alpha value is -1.39. The van der Waals surface area contributed by atoms with E-state index >= 15 is 4.39 Å². The van der Waals surface area contributed by atoms with Crippen molar-refractivity contribution in [2.75, 3.05) is 7.11 Å². The molecular formula is C18H23BrFN2O6PS. The summed E-state index contributed by atoms with van der Waals surface area (Å²) in [5.41, 5.74) is -0.515. The van der Waals surface area contributed by atoms with Crippen molar-refractivity contribution in [2.45, 2.75) is 49.8 Å². The van der Waals surface area contributed by atoms with Crippen molar-refractivity contribution in [2.24, 2.45) is 0 Å². The zero-order valence-electron chi connectivity index (χ0n) is 17.1. The Morgan fingerprint density at radius 2 is 1.63 bits per heavy atom. The van der Waals surface area contributed by atoms with Gasteiger partial charge < -0.3 is 13.8 Å². The molecule has 0 spiro atoms. The van der Waals surface area contributed by atoms with Gasteiger partial charge in [-0.05, 0) is 52.0 Å². The standard InChI is InChI=1S/C18H23BrFN2O6PS/c1-12(2)27-29(23,28-13(3)4)18(20,15-11-14(26-5)7-8-16(15)19)30(24,25)17-21-9-6-10-22-17/h6-13H,1-5H3. The summed E-state index contributed by atoms with van der Waals surface area (Å²) in [5, 5.41) is -0.859. The number of alkyl halides is 1. The molecule has 30 heavy (non-hydrogen) atoms. The first-order chi connectivity index (χ1) is 13.9. The van der Waals surface area contributed by atoms with Gasteiger partial charge >= 0.3 is 12.3 Å². The molecule has 0 N–H and O–H groups in total. The fourth-order valence-electron chi connectivity index (χ4n) is 2.57. The van der Waals surface area contributed by atoms with Gasteiger partial charge in [0, 0.05) is 22.4 Å². The van der Waals surface area contributed by atoms with Crippen LogP contribution < -0.4 is 4.74 Å². The number of sulfone groups is 1.